The predicted octanol–water partition coefficient (Wildman–Crippen LogP) is 3.20. The van der Waals surface area contributed by atoms with Crippen LogP contribution in [0.4, 0.5) is 5.69 Å². The van der Waals surface area contributed by atoms with Crippen molar-refractivity contribution in [3.05, 3.63) is 21.9 Å². The van der Waals surface area contributed by atoms with Crippen molar-refractivity contribution in [2.24, 2.45) is 11.1 Å². The number of carbonyl (C=O) groups excluding carboxylic acids is 1. The number of hydrogen-bond acceptors (Lipinski definition) is 3. The number of aromatic nitrogens is 1. The van der Waals surface area contributed by atoms with Crippen LogP contribution >= 0.6 is 27.5 Å². The van der Waals surface area contributed by atoms with Gasteiger partial charge in [-0.3, -0.25) is 4.79 Å². The molecule has 4 nitrogen and oxygen atoms in total. The van der Waals surface area contributed by atoms with Crippen molar-refractivity contribution >= 4 is 39.1 Å². The summed E-state index contributed by atoms with van der Waals surface area (Å²) in [4.78, 5) is 15.7. The van der Waals surface area contributed by atoms with Crippen LogP contribution in [0.25, 0.3) is 0 Å². The van der Waals surface area contributed by atoms with Crippen LogP contribution in [0.2, 0.25) is 5.15 Å². The highest BCUT2D eigenvalue weighted by molar-refractivity contribution is 9.10. The van der Waals surface area contributed by atoms with E-state index in [2.05, 4.69) is 26.2 Å². The number of nitrogens with zero attached hydrogens (tertiary/aromatic N) is 1. The van der Waals surface area contributed by atoms with E-state index < -0.39 is 0 Å². The van der Waals surface area contributed by atoms with Crippen molar-refractivity contribution in [2.75, 3.05) is 5.32 Å². The van der Waals surface area contributed by atoms with Gasteiger partial charge in [-0.05, 0) is 27.4 Å². The van der Waals surface area contributed by atoms with Gasteiger partial charge in [-0.15, -0.1) is 0 Å². The normalized spacial score (nSPS) is 13.2. The summed E-state index contributed by atoms with van der Waals surface area (Å²) in [6.45, 7) is 6.02. The third-order valence-corrected chi connectivity index (χ3v) is 3.73. The van der Waals surface area contributed by atoms with Crippen molar-refractivity contribution in [2.45, 2.75) is 33.2 Å². The second-order valence-electron chi connectivity index (χ2n) is 5.22. The van der Waals surface area contributed by atoms with Gasteiger partial charge in [-0.25, -0.2) is 4.98 Å². The number of nitrogens with one attached hydrogen (secondary N) is 1. The minimum atomic E-state index is -0.193. The Balaban J connectivity index is 2.62. The number of nitrogens with two attached hydrogens (primary N) is 1. The Hall–Kier alpha value is -0.650. The maximum Gasteiger partial charge on any atom is 0.225 e. The highest BCUT2D eigenvalue weighted by atomic mass is 79.9. The molecule has 0 saturated heterocycles. The van der Waals surface area contributed by atoms with Crippen LogP contribution in [0.15, 0.2) is 16.7 Å². The number of amides is 1. The molecule has 0 aliphatic heterocycles. The van der Waals surface area contributed by atoms with Crippen molar-refractivity contribution in [1.29, 1.82) is 0 Å². The van der Waals surface area contributed by atoms with Crippen molar-refractivity contribution in [3.63, 3.8) is 0 Å². The lowest BCUT2D eigenvalue weighted by atomic mass is 9.85. The first-order valence-electron chi connectivity index (χ1n) is 5.56. The average molecular weight is 335 g/mol. The minimum absolute atomic E-state index is 0.101. The molecule has 3 N–H and O–H groups in total. The van der Waals surface area contributed by atoms with E-state index in [1.54, 1.807) is 6.07 Å². The van der Waals surface area contributed by atoms with Crippen molar-refractivity contribution < 1.29 is 4.79 Å². The van der Waals surface area contributed by atoms with Crippen molar-refractivity contribution in [1.82, 2.24) is 4.98 Å². The number of carbonyl (C=O) groups is 1. The average Bonchev–Trinajstić information content (AvgIpc) is 2.22. The summed E-state index contributed by atoms with van der Waals surface area (Å²) in [5.74, 6) is -0.131. The van der Waals surface area contributed by atoms with E-state index in [1.807, 2.05) is 20.8 Å². The maximum absolute atomic E-state index is 11.8. The fourth-order valence-corrected chi connectivity index (χ4v) is 1.66. The molecule has 100 valence electrons. The largest absolute Gasteiger partial charge is 0.327 e. The molecule has 1 unspecified atom stereocenters. The first-order chi connectivity index (χ1) is 8.20. The lowest BCUT2D eigenvalue weighted by molar-refractivity contribution is -0.117. The monoisotopic (exact) mass is 333 g/mol. The molecule has 6 heteroatoms. The first-order valence-corrected chi connectivity index (χ1v) is 6.73. The standard InChI is InChI=1S/C12H17BrClN3O/c1-12(2,3)9(15)5-10(18)17-7-4-8(13)11(14)16-6-7/h4,6,9H,5,15H2,1-3H3,(H,17,18). The molecule has 1 atom stereocenters. The van der Waals surface area contributed by atoms with Gasteiger partial charge in [-0.2, -0.15) is 0 Å². The highest BCUT2D eigenvalue weighted by Crippen LogP contribution is 2.24. The number of pyridine rings is 1. The van der Waals surface area contributed by atoms with Crippen LogP contribution in [0, 0.1) is 5.41 Å². The summed E-state index contributed by atoms with van der Waals surface area (Å²) < 4.78 is 0.641. The Morgan fingerprint density at radius 1 is 1.61 bits per heavy atom. The van der Waals surface area contributed by atoms with Crippen LogP contribution in [0.3, 0.4) is 0 Å². The van der Waals surface area contributed by atoms with Gasteiger partial charge in [-0.1, -0.05) is 32.4 Å². The highest BCUT2D eigenvalue weighted by Gasteiger charge is 2.23. The minimum Gasteiger partial charge on any atom is -0.327 e. The quantitative estimate of drug-likeness (QED) is 0.834. The SMILES string of the molecule is CC(C)(C)C(N)CC(=O)Nc1cnc(Cl)c(Br)c1. The van der Waals surface area contributed by atoms with Gasteiger partial charge in [0.1, 0.15) is 5.15 Å². The third-order valence-electron chi connectivity index (χ3n) is 2.60. The lowest BCUT2D eigenvalue weighted by Gasteiger charge is -2.26. The molecule has 0 spiro atoms. The molecule has 1 aromatic heterocycles. The summed E-state index contributed by atoms with van der Waals surface area (Å²) in [5, 5.41) is 3.10. The molecule has 0 fully saturated rings. The van der Waals surface area contributed by atoms with Gasteiger partial charge in [0, 0.05) is 12.5 Å². The molecular weight excluding hydrogens is 318 g/mol. The Morgan fingerprint density at radius 2 is 2.22 bits per heavy atom. The predicted molar refractivity (Wildman–Crippen MR) is 77.6 cm³/mol. The Morgan fingerprint density at radius 3 is 2.72 bits per heavy atom. The molecular formula is C12H17BrClN3O. The van der Waals surface area contributed by atoms with Crippen LogP contribution in [-0.2, 0) is 4.79 Å². The van der Waals surface area contributed by atoms with Gasteiger partial charge >= 0.3 is 0 Å². The fourth-order valence-electron chi connectivity index (χ4n) is 1.21. The molecule has 0 aliphatic rings. The third kappa shape index (κ3) is 4.55. The fraction of sp³-hybridized carbons (Fsp3) is 0.500. The molecule has 1 rings (SSSR count). The number of hydrogen-bond donors (Lipinski definition) is 2. The van der Waals surface area contributed by atoms with E-state index in [0.29, 0.717) is 15.3 Å². The zero-order chi connectivity index (χ0) is 13.9. The molecule has 0 radical (unpaired) electrons. The van der Waals surface area contributed by atoms with Gasteiger partial charge in [0.25, 0.3) is 0 Å². The summed E-state index contributed by atoms with van der Waals surface area (Å²) in [6, 6.07) is 1.51. The molecule has 1 heterocycles. The van der Waals surface area contributed by atoms with E-state index in [4.69, 9.17) is 17.3 Å². The number of anilines is 1. The summed E-state index contributed by atoms with van der Waals surface area (Å²) in [6.07, 6.45) is 1.78. The van der Waals surface area contributed by atoms with E-state index in [9.17, 15) is 4.79 Å². The van der Waals surface area contributed by atoms with Crippen LogP contribution < -0.4 is 11.1 Å². The number of halogens is 2. The molecule has 0 aromatic carbocycles. The molecule has 0 saturated carbocycles. The molecule has 1 aromatic rings. The number of rotatable bonds is 3. The molecule has 18 heavy (non-hydrogen) atoms. The van der Waals surface area contributed by atoms with Gasteiger partial charge in [0.05, 0.1) is 16.4 Å². The maximum atomic E-state index is 11.8. The lowest BCUT2D eigenvalue weighted by Crippen LogP contribution is -2.38. The first kappa shape index (κ1) is 15.4. The summed E-state index contributed by atoms with van der Waals surface area (Å²) in [5.41, 5.74) is 6.45. The molecule has 1 amide bonds. The van der Waals surface area contributed by atoms with Gasteiger partial charge in [0.2, 0.25) is 5.91 Å². The molecule has 0 aliphatic carbocycles. The van der Waals surface area contributed by atoms with Crippen molar-refractivity contribution in [3.8, 4) is 0 Å². The topological polar surface area (TPSA) is 68.0 Å². The smallest absolute Gasteiger partial charge is 0.225 e. The summed E-state index contributed by atoms with van der Waals surface area (Å²) in [7, 11) is 0. The Bertz CT molecular complexity index is 445. The van der Waals surface area contributed by atoms with E-state index >= 15 is 0 Å². The van der Waals surface area contributed by atoms with E-state index in [-0.39, 0.29) is 23.8 Å². The second kappa shape index (κ2) is 5.99. The van der Waals surface area contributed by atoms with E-state index in [1.165, 1.54) is 6.20 Å². The van der Waals surface area contributed by atoms with Gasteiger partial charge in [0.15, 0.2) is 0 Å². The van der Waals surface area contributed by atoms with Crippen LogP contribution in [0.5, 0.6) is 0 Å². The van der Waals surface area contributed by atoms with E-state index in [0.717, 1.165) is 0 Å². The zero-order valence-electron chi connectivity index (χ0n) is 10.6. The Labute approximate surface area is 120 Å². The molecule has 0 bridgehead atoms. The van der Waals surface area contributed by atoms with Gasteiger partial charge < -0.3 is 11.1 Å². The van der Waals surface area contributed by atoms with Crippen LogP contribution in [-0.4, -0.2) is 16.9 Å². The van der Waals surface area contributed by atoms with Crippen LogP contribution in [0.1, 0.15) is 27.2 Å². The zero-order valence-corrected chi connectivity index (χ0v) is 13.0. The summed E-state index contributed by atoms with van der Waals surface area (Å²) >= 11 is 9.02. The Kier molecular flexibility index (Phi) is 5.13. The second-order valence-corrected chi connectivity index (χ2v) is 6.43.